The summed E-state index contributed by atoms with van der Waals surface area (Å²) in [4.78, 5) is 4.68. The normalized spacial score (nSPS) is 16.8. The molecule has 0 atom stereocenters. The van der Waals surface area contributed by atoms with Crippen molar-refractivity contribution in [2.75, 3.05) is 0 Å². The van der Waals surface area contributed by atoms with Crippen molar-refractivity contribution >= 4 is 11.3 Å². The van der Waals surface area contributed by atoms with Crippen LogP contribution in [0.3, 0.4) is 0 Å². The van der Waals surface area contributed by atoms with Crippen molar-refractivity contribution in [3.8, 4) is 11.3 Å². The summed E-state index contributed by atoms with van der Waals surface area (Å²) in [6.07, 6.45) is 4.50. The predicted molar refractivity (Wildman–Crippen MR) is 76.6 cm³/mol. The third kappa shape index (κ3) is 2.20. The number of rotatable bonds is 4. The summed E-state index contributed by atoms with van der Waals surface area (Å²) >= 11 is 1.69. The third-order valence-electron chi connectivity index (χ3n) is 3.51. The van der Waals surface area contributed by atoms with Gasteiger partial charge in [-0.25, -0.2) is 4.98 Å². The Bertz CT molecular complexity index is 538. The molecule has 1 aromatic heterocycles. The molecule has 1 fully saturated rings. The first-order chi connectivity index (χ1) is 8.71. The van der Waals surface area contributed by atoms with Crippen molar-refractivity contribution < 1.29 is 0 Å². The van der Waals surface area contributed by atoms with Crippen LogP contribution in [-0.4, -0.2) is 4.98 Å². The van der Waals surface area contributed by atoms with E-state index in [1.165, 1.54) is 17.5 Å². The Hall–Kier alpha value is -1.19. The largest absolute Gasteiger partial charge is 0.319 e. The summed E-state index contributed by atoms with van der Waals surface area (Å²) in [5, 5.41) is 3.21. The van der Waals surface area contributed by atoms with E-state index in [2.05, 4.69) is 41.6 Å². The highest BCUT2D eigenvalue weighted by Crippen LogP contribution is 2.44. The summed E-state index contributed by atoms with van der Waals surface area (Å²) < 4.78 is 0. The Morgan fingerprint density at radius 1 is 1.28 bits per heavy atom. The third-order valence-corrected chi connectivity index (χ3v) is 4.57. The van der Waals surface area contributed by atoms with Gasteiger partial charge in [0.15, 0.2) is 0 Å². The highest BCUT2D eigenvalue weighted by molar-refractivity contribution is 7.10. The minimum Gasteiger partial charge on any atom is -0.319 e. The number of nitrogens with two attached hydrogens (primary N) is 1. The van der Waals surface area contributed by atoms with Gasteiger partial charge in [0, 0.05) is 10.9 Å². The molecule has 1 heterocycles. The molecule has 2 aromatic rings. The van der Waals surface area contributed by atoms with Gasteiger partial charge < -0.3 is 5.73 Å². The molecule has 0 spiro atoms. The summed E-state index contributed by atoms with van der Waals surface area (Å²) in [5.74, 6) is 0. The van der Waals surface area contributed by atoms with E-state index < -0.39 is 0 Å². The van der Waals surface area contributed by atoms with Crippen LogP contribution in [0.1, 0.15) is 36.8 Å². The number of aryl methyl sites for hydroxylation is 1. The molecule has 18 heavy (non-hydrogen) atoms. The van der Waals surface area contributed by atoms with E-state index in [-0.39, 0.29) is 5.54 Å². The average Bonchev–Trinajstić information content (AvgIpc) is 2.95. The average molecular weight is 258 g/mol. The Morgan fingerprint density at radius 2 is 2.00 bits per heavy atom. The number of hydrogen-bond acceptors (Lipinski definition) is 3. The van der Waals surface area contributed by atoms with E-state index in [9.17, 15) is 0 Å². The molecule has 2 nitrogen and oxygen atoms in total. The van der Waals surface area contributed by atoms with Crippen LogP contribution >= 0.6 is 11.3 Å². The molecular weight excluding hydrogens is 240 g/mol. The van der Waals surface area contributed by atoms with E-state index in [1.54, 1.807) is 11.3 Å². The quantitative estimate of drug-likeness (QED) is 0.908. The van der Waals surface area contributed by atoms with Gasteiger partial charge >= 0.3 is 0 Å². The lowest BCUT2D eigenvalue weighted by atomic mass is 10.1. The van der Waals surface area contributed by atoms with Crippen molar-refractivity contribution in [1.29, 1.82) is 0 Å². The molecule has 3 rings (SSSR count). The van der Waals surface area contributed by atoms with E-state index in [0.717, 1.165) is 30.0 Å². The molecule has 1 aliphatic carbocycles. The van der Waals surface area contributed by atoms with Crippen LogP contribution in [0.25, 0.3) is 11.3 Å². The van der Waals surface area contributed by atoms with E-state index >= 15 is 0 Å². The lowest BCUT2D eigenvalue weighted by Crippen LogP contribution is -2.18. The highest BCUT2D eigenvalue weighted by atomic mass is 32.1. The summed E-state index contributed by atoms with van der Waals surface area (Å²) in [6.45, 7) is 2.21. The zero-order valence-electron chi connectivity index (χ0n) is 10.6. The molecule has 0 aliphatic heterocycles. The van der Waals surface area contributed by atoms with Crippen LogP contribution in [0.5, 0.6) is 0 Å². The standard InChI is InChI=1S/C15H18N2S/c1-2-3-11-4-6-12(7-5-11)13-10-18-14(17-13)15(16)8-9-15/h4-7,10H,2-3,8-9,16H2,1H3. The van der Waals surface area contributed by atoms with E-state index in [0.29, 0.717) is 0 Å². The monoisotopic (exact) mass is 258 g/mol. The number of nitrogens with zero attached hydrogens (tertiary/aromatic N) is 1. The minimum atomic E-state index is -0.106. The van der Waals surface area contributed by atoms with Gasteiger partial charge in [0.25, 0.3) is 0 Å². The van der Waals surface area contributed by atoms with Crippen molar-refractivity contribution in [1.82, 2.24) is 4.98 Å². The molecule has 0 unspecified atom stereocenters. The van der Waals surface area contributed by atoms with E-state index in [4.69, 9.17) is 5.73 Å². The van der Waals surface area contributed by atoms with Crippen molar-refractivity contribution in [2.45, 2.75) is 38.1 Å². The van der Waals surface area contributed by atoms with Gasteiger partial charge in [-0.2, -0.15) is 0 Å². The van der Waals surface area contributed by atoms with Crippen molar-refractivity contribution in [3.05, 3.63) is 40.2 Å². The van der Waals surface area contributed by atoms with Crippen LogP contribution in [-0.2, 0) is 12.0 Å². The zero-order chi connectivity index (χ0) is 12.6. The second kappa shape index (κ2) is 4.48. The summed E-state index contributed by atoms with van der Waals surface area (Å²) in [7, 11) is 0. The Labute approximate surface area is 112 Å². The van der Waals surface area contributed by atoms with Crippen LogP contribution in [0, 0.1) is 0 Å². The second-order valence-electron chi connectivity index (χ2n) is 5.14. The first kappa shape index (κ1) is 11.9. The topological polar surface area (TPSA) is 38.9 Å². The maximum Gasteiger partial charge on any atom is 0.113 e. The first-order valence-electron chi connectivity index (χ1n) is 6.55. The zero-order valence-corrected chi connectivity index (χ0v) is 11.5. The maximum atomic E-state index is 6.17. The predicted octanol–water partition coefficient (Wildman–Crippen LogP) is 3.71. The molecular formula is C15H18N2S. The molecule has 0 amide bonds. The molecule has 0 saturated heterocycles. The smallest absolute Gasteiger partial charge is 0.113 e. The summed E-state index contributed by atoms with van der Waals surface area (Å²) in [6, 6.07) is 8.74. The Morgan fingerprint density at radius 3 is 2.61 bits per heavy atom. The molecule has 2 N–H and O–H groups in total. The van der Waals surface area contributed by atoms with Gasteiger partial charge in [0.1, 0.15) is 5.01 Å². The molecule has 0 bridgehead atoms. The molecule has 1 saturated carbocycles. The Balaban J connectivity index is 1.83. The van der Waals surface area contributed by atoms with Gasteiger partial charge in [0.05, 0.1) is 11.2 Å². The van der Waals surface area contributed by atoms with Crippen molar-refractivity contribution in [2.24, 2.45) is 5.73 Å². The van der Waals surface area contributed by atoms with Gasteiger partial charge in [-0.15, -0.1) is 11.3 Å². The van der Waals surface area contributed by atoms with Crippen LogP contribution in [0.2, 0.25) is 0 Å². The van der Waals surface area contributed by atoms with Gasteiger partial charge in [-0.1, -0.05) is 37.6 Å². The molecule has 94 valence electrons. The first-order valence-corrected chi connectivity index (χ1v) is 7.43. The van der Waals surface area contributed by atoms with Crippen LogP contribution in [0.4, 0.5) is 0 Å². The lowest BCUT2D eigenvalue weighted by Gasteiger charge is -2.03. The highest BCUT2D eigenvalue weighted by Gasteiger charge is 2.42. The minimum absolute atomic E-state index is 0.106. The van der Waals surface area contributed by atoms with E-state index in [1.807, 2.05) is 0 Å². The molecule has 1 aromatic carbocycles. The lowest BCUT2D eigenvalue weighted by molar-refractivity contribution is 0.732. The molecule has 1 aliphatic rings. The maximum absolute atomic E-state index is 6.17. The number of benzene rings is 1. The Kier molecular flexibility index (Phi) is 2.96. The van der Waals surface area contributed by atoms with Gasteiger partial charge in [-0.3, -0.25) is 0 Å². The summed E-state index contributed by atoms with van der Waals surface area (Å²) in [5.41, 5.74) is 9.72. The van der Waals surface area contributed by atoms with Crippen LogP contribution in [0.15, 0.2) is 29.6 Å². The SMILES string of the molecule is CCCc1ccc(-c2csc(C3(N)CC3)n2)cc1. The second-order valence-corrected chi connectivity index (χ2v) is 6.00. The van der Waals surface area contributed by atoms with Crippen LogP contribution < -0.4 is 5.73 Å². The number of hydrogen-bond donors (Lipinski definition) is 1. The fourth-order valence-corrected chi connectivity index (χ4v) is 3.12. The van der Waals surface area contributed by atoms with Gasteiger partial charge in [-0.05, 0) is 24.8 Å². The molecule has 3 heteroatoms. The van der Waals surface area contributed by atoms with Gasteiger partial charge in [0.2, 0.25) is 0 Å². The fourth-order valence-electron chi connectivity index (χ4n) is 2.11. The number of thiazole rings is 1. The van der Waals surface area contributed by atoms with Crippen molar-refractivity contribution in [3.63, 3.8) is 0 Å². The number of aromatic nitrogens is 1. The molecule has 0 radical (unpaired) electrons. The fraction of sp³-hybridized carbons (Fsp3) is 0.400.